The van der Waals surface area contributed by atoms with E-state index in [0.717, 1.165) is 0 Å². The maximum Gasteiger partial charge on any atom is 0.227 e. The molecule has 21 heavy (non-hydrogen) atoms. The molecular weight excluding hydrogens is 271 g/mol. The molecule has 0 unspecified atom stereocenters. The van der Waals surface area contributed by atoms with E-state index in [1.165, 1.54) is 12.1 Å². The first kappa shape index (κ1) is 15.4. The summed E-state index contributed by atoms with van der Waals surface area (Å²) in [5, 5.41) is 2.86. The molecule has 0 radical (unpaired) electrons. The highest BCUT2D eigenvalue weighted by atomic mass is 19.1. The highest BCUT2D eigenvalue weighted by Crippen LogP contribution is 2.25. The zero-order chi connectivity index (χ0) is 15.5. The topological polar surface area (TPSA) is 83.8 Å². The van der Waals surface area contributed by atoms with Crippen molar-refractivity contribution in [1.82, 2.24) is 15.3 Å². The average Bonchev–Trinajstić information content (AvgIpc) is 2.89. The Morgan fingerprint density at radius 2 is 2.14 bits per heavy atom. The van der Waals surface area contributed by atoms with Crippen LogP contribution in [-0.2, 0) is 11.3 Å². The lowest BCUT2D eigenvalue weighted by atomic mass is 9.81. The number of carbonyl (C=O) groups is 1. The number of aromatic amines is 1. The Morgan fingerprint density at radius 3 is 2.76 bits per heavy atom. The summed E-state index contributed by atoms with van der Waals surface area (Å²) in [4.78, 5) is 19.6. The lowest BCUT2D eigenvalue weighted by Gasteiger charge is -2.28. The third-order valence-corrected chi connectivity index (χ3v) is 4.14. The number of hydrogen-bond donors (Lipinski definition) is 3. The van der Waals surface area contributed by atoms with E-state index in [-0.39, 0.29) is 18.3 Å². The number of rotatable bonds is 6. The van der Waals surface area contributed by atoms with E-state index in [2.05, 4.69) is 15.3 Å². The number of H-pyrrole nitrogens is 1. The van der Waals surface area contributed by atoms with Crippen molar-refractivity contribution in [3.05, 3.63) is 29.8 Å². The summed E-state index contributed by atoms with van der Waals surface area (Å²) >= 11 is 0. The van der Waals surface area contributed by atoms with Crippen LogP contribution in [0.5, 0.6) is 0 Å². The Balaban J connectivity index is 2.09. The number of nitrogens with two attached hydrogens (primary N) is 1. The fourth-order valence-corrected chi connectivity index (χ4v) is 2.42. The zero-order valence-electron chi connectivity index (χ0n) is 12.4. The molecule has 4 N–H and O–H groups in total. The van der Waals surface area contributed by atoms with Gasteiger partial charge in [-0.3, -0.25) is 4.79 Å². The van der Waals surface area contributed by atoms with Gasteiger partial charge in [0.05, 0.1) is 23.0 Å². The third kappa shape index (κ3) is 3.05. The second-order valence-electron chi connectivity index (χ2n) is 5.22. The Labute approximate surface area is 123 Å². The summed E-state index contributed by atoms with van der Waals surface area (Å²) in [6.07, 6.45) is 1.38. The van der Waals surface area contributed by atoms with Gasteiger partial charge < -0.3 is 16.0 Å². The van der Waals surface area contributed by atoms with Gasteiger partial charge in [0.15, 0.2) is 0 Å². The van der Waals surface area contributed by atoms with Crippen molar-refractivity contribution in [2.75, 3.05) is 6.54 Å². The molecule has 0 atom stereocenters. The first-order valence-corrected chi connectivity index (χ1v) is 7.17. The molecule has 2 rings (SSSR count). The molecule has 0 spiro atoms. The molecule has 0 saturated carbocycles. The van der Waals surface area contributed by atoms with Crippen molar-refractivity contribution < 1.29 is 9.18 Å². The van der Waals surface area contributed by atoms with Gasteiger partial charge in [-0.25, -0.2) is 9.37 Å². The standard InChI is InChI=1S/C15H21FN4O/c1-3-15(4-2,9-17)14(21)18-8-13-19-11-6-5-10(16)7-12(11)20-13/h5-7H,3-4,8-9,17H2,1-2H3,(H,18,21)(H,19,20). The molecular formula is C15H21FN4O. The summed E-state index contributed by atoms with van der Waals surface area (Å²) in [6, 6.07) is 4.35. The van der Waals surface area contributed by atoms with Gasteiger partial charge >= 0.3 is 0 Å². The number of imidazole rings is 1. The van der Waals surface area contributed by atoms with E-state index in [9.17, 15) is 9.18 Å². The van der Waals surface area contributed by atoms with Gasteiger partial charge in [0.1, 0.15) is 11.6 Å². The molecule has 1 heterocycles. The van der Waals surface area contributed by atoms with Crippen LogP contribution < -0.4 is 11.1 Å². The van der Waals surface area contributed by atoms with Gasteiger partial charge in [0.25, 0.3) is 0 Å². The molecule has 0 aliphatic heterocycles. The van der Waals surface area contributed by atoms with Gasteiger partial charge in [-0.1, -0.05) is 13.8 Å². The predicted molar refractivity (Wildman–Crippen MR) is 80.0 cm³/mol. The number of aromatic nitrogens is 2. The van der Waals surface area contributed by atoms with Crippen LogP contribution in [0.1, 0.15) is 32.5 Å². The molecule has 0 bridgehead atoms. The molecule has 1 amide bonds. The largest absolute Gasteiger partial charge is 0.348 e. The van der Waals surface area contributed by atoms with Gasteiger partial charge in [0.2, 0.25) is 5.91 Å². The Morgan fingerprint density at radius 1 is 1.43 bits per heavy atom. The minimum Gasteiger partial charge on any atom is -0.348 e. The summed E-state index contributed by atoms with van der Waals surface area (Å²) in [7, 11) is 0. The van der Waals surface area contributed by atoms with Crippen LogP contribution in [0.4, 0.5) is 4.39 Å². The highest BCUT2D eigenvalue weighted by molar-refractivity contribution is 5.83. The summed E-state index contributed by atoms with van der Waals surface area (Å²) in [5.74, 6) is 0.213. The van der Waals surface area contributed by atoms with E-state index in [1.54, 1.807) is 6.07 Å². The van der Waals surface area contributed by atoms with Crippen LogP contribution in [-0.4, -0.2) is 22.4 Å². The number of hydrogen-bond acceptors (Lipinski definition) is 3. The number of nitrogens with one attached hydrogen (secondary N) is 2. The fourth-order valence-electron chi connectivity index (χ4n) is 2.42. The van der Waals surface area contributed by atoms with E-state index in [4.69, 9.17) is 5.73 Å². The number of benzene rings is 1. The van der Waals surface area contributed by atoms with Gasteiger partial charge in [-0.15, -0.1) is 0 Å². The quantitative estimate of drug-likeness (QED) is 0.762. The lowest BCUT2D eigenvalue weighted by Crippen LogP contribution is -2.45. The number of halogens is 1. The van der Waals surface area contributed by atoms with E-state index in [1.807, 2.05) is 13.8 Å². The van der Waals surface area contributed by atoms with Gasteiger partial charge in [-0.2, -0.15) is 0 Å². The van der Waals surface area contributed by atoms with Crippen molar-refractivity contribution >= 4 is 16.9 Å². The molecule has 0 fully saturated rings. The Kier molecular flexibility index (Phi) is 4.57. The van der Waals surface area contributed by atoms with Crippen LogP contribution in [0.15, 0.2) is 18.2 Å². The molecule has 5 nitrogen and oxygen atoms in total. The van der Waals surface area contributed by atoms with Crippen molar-refractivity contribution in [3.8, 4) is 0 Å². The monoisotopic (exact) mass is 292 g/mol. The van der Waals surface area contributed by atoms with Crippen LogP contribution >= 0.6 is 0 Å². The van der Waals surface area contributed by atoms with Crippen molar-refractivity contribution in [1.29, 1.82) is 0 Å². The SMILES string of the molecule is CCC(CC)(CN)C(=O)NCc1nc2ccc(F)cc2[nH]1. The highest BCUT2D eigenvalue weighted by Gasteiger charge is 2.33. The maximum absolute atomic E-state index is 13.1. The second kappa shape index (κ2) is 6.22. The van der Waals surface area contributed by atoms with E-state index < -0.39 is 5.41 Å². The predicted octanol–water partition coefficient (Wildman–Crippen LogP) is 2.08. The van der Waals surface area contributed by atoms with Crippen LogP contribution in [0, 0.1) is 11.2 Å². The van der Waals surface area contributed by atoms with Crippen LogP contribution in [0.25, 0.3) is 11.0 Å². The van der Waals surface area contributed by atoms with Gasteiger partial charge in [-0.05, 0) is 31.0 Å². The molecule has 0 aliphatic carbocycles. The maximum atomic E-state index is 13.1. The number of amides is 1. The first-order chi connectivity index (χ1) is 10.0. The smallest absolute Gasteiger partial charge is 0.227 e. The summed E-state index contributed by atoms with van der Waals surface area (Å²) in [5.41, 5.74) is 6.52. The second-order valence-corrected chi connectivity index (χ2v) is 5.22. The molecule has 6 heteroatoms. The fraction of sp³-hybridized carbons (Fsp3) is 0.467. The molecule has 114 valence electrons. The molecule has 1 aromatic carbocycles. The minimum atomic E-state index is -0.530. The zero-order valence-corrected chi connectivity index (χ0v) is 12.4. The van der Waals surface area contributed by atoms with E-state index in [0.29, 0.717) is 36.2 Å². The third-order valence-electron chi connectivity index (χ3n) is 4.14. The van der Waals surface area contributed by atoms with Crippen LogP contribution in [0.2, 0.25) is 0 Å². The molecule has 0 saturated heterocycles. The van der Waals surface area contributed by atoms with Crippen molar-refractivity contribution in [3.63, 3.8) is 0 Å². The number of carbonyl (C=O) groups excluding carboxylic acids is 1. The first-order valence-electron chi connectivity index (χ1n) is 7.17. The number of nitrogens with zero attached hydrogens (tertiary/aromatic N) is 1. The average molecular weight is 292 g/mol. The van der Waals surface area contributed by atoms with Gasteiger partial charge in [0, 0.05) is 6.54 Å². The van der Waals surface area contributed by atoms with Crippen molar-refractivity contribution in [2.24, 2.45) is 11.1 Å². The lowest BCUT2D eigenvalue weighted by molar-refractivity contribution is -0.131. The molecule has 1 aromatic heterocycles. The summed E-state index contributed by atoms with van der Waals surface area (Å²) in [6.45, 7) is 4.51. The Hall–Kier alpha value is -1.95. The molecule has 2 aromatic rings. The van der Waals surface area contributed by atoms with Crippen molar-refractivity contribution in [2.45, 2.75) is 33.2 Å². The minimum absolute atomic E-state index is 0.0679. The van der Waals surface area contributed by atoms with E-state index >= 15 is 0 Å². The summed E-state index contributed by atoms with van der Waals surface area (Å²) < 4.78 is 13.1. The normalized spacial score (nSPS) is 11.8. The number of fused-ring (bicyclic) bond motifs is 1. The Bertz CT molecular complexity index is 625. The van der Waals surface area contributed by atoms with Crippen LogP contribution in [0.3, 0.4) is 0 Å². The molecule has 0 aliphatic rings.